The highest BCUT2D eigenvalue weighted by Crippen LogP contribution is 2.18. The van der Waals surface area contributed by atoms with E-state index in [2.05, 4.69) is 26.4 Å². The third kappa shape index (κ3) is 3.76. The summed E-state index contributed by atoms with van der Waals surface area (Å²) >= 11 is 0. The molecule has 0 atom stereocenters. The summed E-state index contributed by atoms with van der Waals surface area (Å²) < 4.78 is 0. The summed E-state index contributed by atoms with van der Waals surface area (Å²) in [6.45, 7) is 0.963. The molecular weight excluding hydrogens is 254 g/mol. The Labute approximate surface area is 116 Å². The van der Waals surface area contributed by atoms with Gasteiger partial charge in [-0.3, -0.25) is 4.79 Å². The van der Waals surface area contributed by atoms with Crippen molar-refractivity contribution in [2.24, 2.45) is 5.11 Å². The summed E-state index contributed by atoms with van der Waals surface area (Å²) in [7, 11) is 0. The monoisotopic (exact) mass is 271 g/mol. The van der Waals surface area contributed by atoms with Crippen LogP contribution in [0.15, 0.2) is 35.6 Å². The van der Waals surface area contributed by atoms with Gasteiger partial charge in [-0.05, 0) is 30.0 Å². The van der Waals surface area contributed by atoms with E-state index in [4.69, 9.17) is 5.53 Å². The average molecular weight is 271 g/mol. The molecule has 0 bridgehead atoms. The number of nitrogens with one attached hydrogen (secondary N) is 2. The van der Waals surface area contributed by atoms with E-state index in [0.717, 1.165) is 11.1 Å². The smallest absolute Gasteiger partial charge is 0.220 e. The molecule has 2 N–H and O–H groups in total. The molecule has 6 heteroatoms. The number of hydrogen-bond acceptors (Lipinski definition) is 2. The highest BCUT2D eigenvalue weighted by atomic mass is 16.1. The highest BCUT2D eigenvalue weighted by Gasteiger charge is 2.06. The molecule has 2 aromatic rings. The number of H-pyrrole nitrogens is 1. The van der Waals surface area contributed by atoms with E-state index in [1.807, 2.05) is 24.4 Å². The zero-order chi connectivity index (χ0) is 14.2. The predicted molar refractivity (Wildman–Crippen MR) is 78.3 cm³/mol. The van der Waals surface area contributed by atoms with Gasteiger partial charge in [-0.25, -0.2) is 0 Å². The Kier molecular flexibility index (Phi) is 5.03. The number of azide groups is 1. The van der Waals surface area contributed by atoms with Gasteiger partial charge in [-0.2, -0.15) is 0 Å². The van der Waals surface area contributed by atoms with Gasteiger partial charge >= 0.3 is 0 Å². The van der Waals surface area contributed by atoms with E-state index in [1.54, 1.807) is 0 Å². The van der Waals surface area contributed by atoms with Gasteiger partial charge in [-0.1, -0.05) is 23.3 Å². The molecule has 0 aliphatic carbocycles. The number of benzene rings is 1. The number of para-hydroxylation sites is 1. The quantitative estimate of drug-likeness (QED) is 0.344. The molecule has 1 amide bonds. The molecule has 1 aromatic carbocycles. The molecule has 0 aliphatic rings. The maximum atomic E-state index is 11.7. The Morgan fingerprint density at radius 3 is 3.10 bits per heavy atom. The van der Waals surface area contributed by atoms with Gasteiger partial charge in [0.15, 0.2) is 0 Å². The Bertz CT molecular complexity index is 627. The molecule has 0 spiro atoms. The lowest BCUT2D eigenvalue weighted by Gasteiger charge is -2.03. The minimum Gasteiger partial charge on any atom is -0.361 e. The van der Waals surface area contributed by atoms with Crippen molar-refractivity contribution in [3.63, 3.8) is 0 Å². The van der Waals surface area contributed by atoms with E-state index in [9.17, 15) is 4.79 Å². The maximum absolute atomic E-state index is 11.7. The third-order valence-corrected chi connectivity index (χ3v) is 3.12. The van der Waals surface area contributed by atoms with Crippen molar-refractivity contribution >= 4 is 16.8 Å². The first-order chi connectivity index (χ1) is 9.81. The molecule has 2 rings (SSSR count). The van der Waals surface area contributed by atoms with E-state index in [0.29, 0.717) is 32.4 Å². The number of nitrogens with zero attached hydrogens (tertiary/aromatic N) is 3. The molecule has 104 valence electrons. The first kappa shape index (κ1) is 14.0. The highest BCUT2D eigenvalue weighted by molar-refractivity contribution is 5.84. The lowest BCUT2D eigenvalue weighted by atomic mass is 10.1. The first-order valence-electron chi connectivity index (χ1n) is 6.64. The standard InChI is InChI=1S/C14H17N5O/c15-19-18-9-3-8-16-14(20)7-6-11-10-17-13-5-2-1-4-12(11)13/h1-2,4-5,10,17H,3,6-9H2,(H,16,20). The fourth-order valence-corrected chi connectivity index (χ4v) is 2.10. The summed E-state index contributed by atoms with van der Waals surface area (Å²) in [5.74, 6) is 0.0243. The van der Waals surface area contributed by atoms with Gasteiger partial charge in [0.2, 0.25) is 5.91 Å². The molecule has 6 nitrogen and oxygen atoms in total. The van der Waals surface area contributed by atoms with Crippen LogP contribution >= 0.6 is 0 Å². The van der Waals surface area contributed by atoms with Crippen LogP contribution < -0.4 is 5.32 Å². The van der Waals surface area contributed by atoms with Crippen LogP contribution in [0.1, 0.15) is 18.4 Å². The Morgan fingerprint density at radius 2 is 2.25 bits per heavy atom. The summed E-state index contributed by atoms with van der Waals surface area (Å²) in [4.78, 5) is 17.5. The third-order valence-electron chi connectivity index (χ3n) is 3.12. The van der Waals surface area contributed by atoms with Crippen molar-refractivity contribution in [3.8, 4) is 0 Å². The van der Waals surface area contributed by atoms with Crippen LogP contribution in [-0.4, -0.2) is 24.0 Å². The summed E-state index contributed by atoms with van der Waals surface area (Å²) in [5.41, 5.74) is 10.4. The van der Waals surface area contributed by atoms with Gasteiger partial charge in [0.25, 0.3) is 0 Å². The van der Waals surface area contributed by atoms with Gasteiger partial charge in [0.1, 0.15) is 0 Å². The molecule has 0 fully saturated rings. The predicted octanol–water partition coefficient (Wildman–Crippen LogP) is 2.92. The molecule has 0 saturated carbocycles. The molecule has 1 aromatic heterocycles. The minimum atomic E-state index is 0.0243. The van der Waals surface area contributed by atoms with Crippen molar-refractivity contribution in [2.45, 2.75) is 19.3 Å². The van der Waals surface area contributed by atoms with E-state index < -0.39 is 0 Å². The molecule has 0 aliphatic heterocycles. The van der Waals surface area contributed by atoms with Crippen LogP contribution in [0.4, 0.5) is 0 Å². The second kappa shape index (κ2) is 7.21. The van der Waals surface area contributed by atoms with Crippen molar-refractivity contribution < 1.29 is 4.79 Å². The second-order valence-electron chi connectivity index (χ2n) is 4.52. The fourth-order valence-electron chi connectivity index (χ4n) is 2.10. The summed E-state index contributed by atoms with van der Waals surface area (Å²) in [6, 6.07) is 8.06. The average Bonchev–Trinajstić information content (AvgIpc) is 2.88. The number of fused-ring (bicyclic) bond motifs is 1. The maximum Gasteiger partial charge on any atom is 0.220 e. The number of rotatable bonds is 7. The molecule has 1 heterocycles. The number of carbonyl (C=O) groups is 1. The topological polar surface area (TPSA) is 93.7 Å². The van der Waals surface area contributed by atoms with Crippen LogP contribution in [0.5, 0.6) is 0 Å². The van der Waals surface area contributed by atoms with Gasteiger partial charge in [0, 0.05) is 41.5 Å². The van der Waals surface area contributed by atoms with E-state index in [1.165, 1.54) is 5.39 Å². The van der Waals surface area contributed by atoms with E-state index in [-0.39, 0.29) is 5.91 Å². The molecule has 0 saturated heterocycles. The van der Waals surface area contributed by atoms with Crippen molar-refractivity contribution in [3.05, 3.63) is 46.5 Å². The van der Waals surface area contributed by atoms with Crippen LogP contribution in [0.25, 0.3) is 21.3 Å². The van der Waals surface area contributed by atoms with Gasteiger partial charge in [0.05, 0.1) is 0 Å². The second-order valence-corrected chi connectivity index (χ2v) is 4.52. The summed E-state index contributed by atoms with van der Waals surface area (Å²) in [6.07, 6.45) is 3.80. The van der Waals surface area contributed by atoms with Crippen LogP contribution in [0.2, 0.25) is 0 Å². The van der Waals surface area contributed by atoms with Crippen molar-refractivity contribution in [1.82, 2.24) is 10.3 Å². The lowest BCUT2D eigenvalue weighted by Crippen LogP contribution is -2.25. The zero-order valence-corrected chi connectivity index (χ0v) is 11.2. The van der Waals surface area contributed by atoms with Crippen LogP contribution in [0.3, 0.4) is 0 Å². The largest absolute Gasteiger partial charge is 0.361 e. The SMILES string of the molecule is [N-]=[N+]=NCCCNC(=O)CCc1c[nH]c2ccccc12. The summed E-state index contributed by atoms with van der Waals surface area (Å²) in [5, 5.41) is 7.40. The molecular formula is C14H17N5O. The first-order valence-corrected chi connectivity index (χ1v) is 6.64. The molecule has 0 radical (unpaired) electrons. The number of hydrogen-bond donors (Lipinski definition) is 2. The number of aryl methyl sites for hydroxylation is 1. The number of carbonyl (C=O) groups excluding carboxylic acids is 1. The molecule has 20 heavy (non-hydrogen) atoms. The number of amides is 1. The number of aromatic amines is 1. The van der Waals surface area contributed by atoms with Crippen molar-refractivity contribution in [2.75, 3.05) is 13.1 Å². The Balaban J connectivity index is 1.77. The van der Waals surface area contributed by atoms with Crippen molar-refractivity contribution in [1.29, 1.82) is 0 Å². The van der Waals surface area contributed by atoms with Gasteiger partial charge in [-0.15, -0.1) is 0 Å². The number of aromatic nitrogens is 1. The van der Waals surface area contributed by atoms with Gasteiger partial charge < -0.3 is 10.3 Å². The van der Waals surface area contributed by atoms with Crippen LogP contribution in [0, 0.1) is 0 Å². The normalized spacial score (nSPS) is 10.2. The minimum absolute atomic E-state index is 0.0243. The Hall–Kier alpha value is -2.46. The fraction of sp³-hybridized carbons (Fsp3) is 0.357. The Morgan fingerprint density at radius 1 is 1.40 bits per heavy atom. The van der Waals surface area contributed by atoms with E-state index >= 15 is 0 Å². The molecule has 0 unspecified atom stereocenters. The van der Waals surface area contributed by atoms with Crippen LogP contribution in [-0.2, 0) is 11.2 Å². The lowest BCUT2D eigenvalue weighted by molar-refractivity contribution is -0.121. The zero-order valence-electron chi connectivity index (χ0n) is 11.2.